The standard InChI is InChI=1S/C22H27N5O3/c1-4-17-11-15(2)19(23-13-17)25-5-7-26(8-6-25)21(28)18-12-16(3)20(24-14-18)27-9-10-30-22(27)29/h11-14H,4-10H2,1-3H3. The molecule has 2 saturated heterocycles. The number of rotatable bonds is 4. The zero-order valence-electron chi connectivity index (χ0n) is 17.7. The third kappa shape index (κ3) is 3.81. The van der Waals surface area contributed by atoms with Crippen LogP contribution in [0.1, 0.15) is 34.0 Å². The number of aromatic nitrogens is 2. The van der Waals surface area contributed by atoms with Gasteiger partial charge in [0.25, 0.3) is 5.91 Å². The zero-order valence-corrected chi connectivity index (χ0v) is 17.7. The van der Waals surface area contributed by atoms with Crippen molar-refractivity contribution in [3.05, 3.63) is 46.8 Å². The van der Waals surface area contributed by atoms with E-state index in [-0.39, 0.29) is 5.91 Å². The van der Waals surface area contributed by atoms with Gasteiger partial charge in [0.2, 0.25) is 0 Å². The van der Waals surface area contributed by atoms with Crippen molar-refractivity contribution in [3.8, 4) is 0 Å². The van der Waals surface area contributed by atoms with Gasteiger partial charge in [-0.25, -0.2) is 14.8 Å². The number of hydrogen-bond acceptors (Lipinski definition) is 6. The molecular formula is C22H27N5O3. The minimum Gasteiger partial charge on any atom is -0.447 e. The molecule has 0 atom stereocenters. The summed E-state index contributed by atoms with van der Waals surface area (Å²) in [6.07, 6.45) is 4.07. The van der Waals surface area contributed by atoms with Gasteiger partial charge in [-0.1, -0.05) is 13.0 Å². The molecule has 158 valence electrons. The van der Waals surface area contributed by atoms with E-state index >= 15 is 0 Å². The van der Waals surface area contributed by atoms with Crippen LogP contribution in [0.5, 0.6) is 0 Å². The van der Waals surface area contributed by atoms with Crippen molar-refractivity contribution in [1.82, 2.24) is 14.9 Å². The number of anilines is 2. The van der Waals surface area contributed by atoms with Gasteiger partial charge in [-0.15, -0.1) is 0 Å². The number of carbonyl (C=O) groups excluding carboxylic acids is 2. The average Bonchev–Trinajstić information content (AvgIpc) is 3.18. The number of piperazine rings is 1. The van der Waals surface area contributed by atoms with Crippen LogP contribution in [0.15, 0.2) is 24.5 Å². The molecule has 2 fully saturated rings. The Bertz CT molecular complexity index is 969. The summed E-state index contributed by atoms with van der Waals surface area (Å²) in [5, 5.41) is 0. The second-order valence-electron chi connectivity index (χ2n) is 7.75. The molecule has 0 spiro atoms. The Morgan fingerprint density at radius 1 is 1.00 bits per heavy atom. The van der Waals surface area contributed by atoms with E-state index in [0.29, 0.717) is 37.6 Å². The second-order valence-corrected chi connectivity index (χ2v) is 7.75. The van der Waals surface area contributed by atoms with Crippen LogP contribution >= 0.6 is 0 Å². The first-order chi connectivity index (χ1) is 14.5. The van der Waals surface area contributed by atoms with Gasteiger partial charge in [-0.05, 0) is 43.0 Å². The third-order valence-corrected chi connectivity index (χ3v) is 5.70. The van der Waals surface area contributed by atoms with Crippen LogP contribution in [-0.2, 0) is 11.2 Å². The maximum Gasteiger partial charge on any atom is 0.415 e. The highest BCUT2D eigenvalue weighted by atomic mass is 16.6. The predicted octanol–water partition coefficient (Wildman–Crippen LogP) is 2.57. The molecule has 2 aromatic rings. The lowest BCUT2D eigenvalue weighted by atomic mass is 10.1. The first-order valence-corrected chi connectivity index (χ1v) is 10.4. The van der Waals surface area contributed by atoms with Gasteiger partial charge >= 0.3 is 6.09 Å². The number of hydrogen-bond donors (Lipinski definition) is 0. The molecule has 0 aromatic carbocycles. The highest BCUT2D eigenvalue weighted by molar-refractivity contribution is 5.95. The number of nitrogens with zero attached hydrogens (tertiary/aromatic N) is 5. The number of carbonyl (C=O) groups is 2. The summed E-state index contributed by atoms with van der Waals surface area (Å²) in [4.78, 5) is 39.4. The van der Waals surface area contributed by atoms with Crippen molar-refractivity contribution in [2.24, 2.45) is 0 Å². The largest absolute Gasteiger partial charge is 0.447 e. The number of cyclic esters (lactones) is 1. The summed E-state index contributed by atoms with van der Waals surface area (Å²) >= 11 is 0. The summed E-state index contributed by atoms with van der Waals surface area (Å²) in [5.74, 6) is 1.52. The zero-order chi connectivity index (χ0) is 21.3. The topological polar surface area (TPSA) is 78.9 Å². The molecule has 0 aliphatic carbocycles. The van der Waals surface area contributed by atoms with Gasteiger partial charge < -0.3 is 14.5 Å². The molecule has 2 amide bonds. The minimum atomic E-state index is -0.392. The van der Waals surface area contributed by atoms with E-state index in [1.54, 1.807) is 12.3 Å². The van der Waals surface area contributed by atoms with Crippen molar-refractivity contribution < 1.29 is 14.3 Å². The Labute approximate surface area is 176 Å². The van der Waals surface area contributed by atoms with E-state index in [9.17, 15) is 9.59 Å². The average molecular weight is 409 g/mol. The lowest BCUT2D eigenvalue weighted by Crippen LogP contribution is -2.49. The molecular weight excluding hydrogens is 382 g/mol. The molecule has 2 aliphatic heterocycles. The van der Waals surface area contributed by atoms with Crippen LogP contribution in [0.25, 0.3) is 0 Å². The molecule has 8 heteroatoms. The molecule has 30 heavy (non-hydrogen) atoms. The van der Waals surface area contributed by atoms with Gasteiger partial charge in [0.15, 0.2) is 0 Å². The van der Waals surface area contributed by atoms with Gasteiger partial charge in [-0.3, -0.25) is 9.69 Å². The van der Waals surface area contributed by atoms with Crippen molar-refractivity contribution >= 4 is 23.6 Å². The Morgan fingerprint density at radius 2 is 1.70 bits per heavy atom. The van der Waals surface area contributed by atoms with Crippen LogP contribution in [-0.4, -0.2) is 66.2 Å². The minimum absolute atomic E-state index is 0.0354. The highest BCUT2D eigenvalue weighted by Crippen LogP contribution is 2.23. The van der Waals surface area contributed by atoms with E-state index in [2.05, 4.69) is 34.8 Å². The van der Waals surface area contributed by atoms with E-state index in [1.807, 2.05) is 18.0 Å². The Morgan fingerprint density at radius 3 is 2.30 bits per heavy atom. The fraction of sp³-hybridized carbons (Fsp3) is 0.455. The van der Waals surface area contributed by atoms with E-state index < -0.39 is 6.09 Å². The van der Waals surface area contributed by atoms with Gasteiger partial charge in [0, 0.05) is 38.6 Å². The first-order valence-electron chi connectivity index (χ1n) is 10.4. The summed E-state index contributed by atoms with van der Waals surface area (Å²) in [5.41, 5.74) is 3.73. The summed E-state index contributed by atoms with van der Waals surface area (Å²) in [7, 11) is 0. The molecule has 2 aliphatic rings. The Kier molecular flexibility index (Phi) is 5.57. The molecule has 0 unspecified atom stereocenters. The maximum atomic E-state index is 13.0. The molecule has 4 rings (SSSR count). The molecule has 0 N–H and O–H groups in total. The van der Waals surface area contributed by atoms with Crippen LogP contribution in [0.3, 0.4) is 0 Å². The summed E-state index contributed by atoms with van der Waals surface area (Å²) in [6.45, 7) is 9.67. The van der Waals surface area contributed by atoms with Crippen LogP contribution in [0, 0.1) is 13.8 Å². The number of amides is 2. The summed E-state index contributed by atoms with van der Waals surface area (Å²) in [6, 6.07) is 3.99. The fourth-order valence-corrected chi connectivity index (χ4v) is 4.01. The van der Waals surface area contributed by atoms with Crippen LogP contribution < -0.4 is 9.80 Å². The Balaban J connectivity index is 1.42. The lowest BCUT2D eigenvalue weighted by Gasteiger charge is -2.36. The van der Waals surface area contributed by atoms with Crippen molar-refractivity contribution in [3.63, 3.8) is 0 Å². The summed E-state index contributed by atoms with van der Waals surface area (Å²) < 4.78 is 4.98. The van der Waals surface area contributed by atoms with Crippen LogP contribution in [0.4, 0.5) is 16.4 Å². The quantitative estimate of drug-likeness (QED) is 0.772. The smallest absolute Gasteiger partial charge is 0.415 e. The SMILES string of the molecule is CCc1cnc(N2CCN(C(=O)c3cnc(N4CCOC4=O)c(C)c3)CC2)c(C)c1. The molecule has 8 nitrogen and oxygen atoms in total. The van der Waals surface area contributed by atoms with Gasteiger partial charge in [0.05, 0.1) is 12.1 Å². The molecule has 4 heterocycles. The maximum absolute atomic E-state index is 13.0. The highest BCUT2D eigenvalue weighted by Gasteiger charge is 2.28. The number of pyridine rings is 2. The predicted molar refractivity (Wildman–Crippen MR) is 114 cm³/mol. The number of ether oxygens (including phenoxy) is 1. The van der Waals surface area contributed by atoms with Crippen LogP contribution in [0.2, 0.25) is 0 Å². The molecule has 0 bridgehead atoms. The molecule has 0 saturated carbocycles. The monoisotopic (exact) mass is 409 g/mol. The normalized spacial score (nSPS) is 16.8. The van der Waals surface area contributed by atoms with Crippen molar-refractivity contribution in [2.45, 2.75) is 27.2 Å². The first kappa shape index (κ1) is 20.1. The number of aryl methyl sites for hydroxylation is 3. The van der Waals surface area contributed by atoms with Gasteiger partial charge in [-0.2, -0.15) is 0 Å². The third-order valence-electron chi connectivity index (χ3n) is 5.70. The second kappa shape index (κ2) is 8.30. The van der Waals surface area contributed by atoms with E-state index in [1.165, 1.54) is 16.0 Å². The molecule has 2 aromatic heterocycles. The van der Waals surface area contributed by atoms with Gasteiger partial charge in [0.1, 0.15) is 18.2 Å². The Hall–Kier alpha value is -3.16. The van der Waals surface area contributed by atoms with E-state index in [0.717, 1.165) is 30.9 Å². The molecule has 0 radical (unpaired) electrons. The fourth-order valence-electron chi connectivity index (χ4n) is 4.01. The van der Waals surface area contributed by atoms with Crippen molar-refractivity contribution in [1.29, 1.82) is 0 Å². The lowest BCUT2D eigenvalue weighted by molar-refractivity contribution is 0.0746. The van der Waals surface area contributed by atoms with E-state index in [4.69, 9.17) is 4.74 Å². The van der Waals surface area contributed by atoms with Crippen molar-refractivity contribution in [2.75, 3.05) is 49.1 Å².